The molecule has 0 unspecified atom stereocenters. The van der Waals surface area contributed by atoms with E-state index in [1.165, 1.54) is 0 Å². The number of carbonyl (C=O) groups is 1. The third-order valence-electron chi connectivity index (χ3n) is 4.03. The number of benzene rings is 1. The van der Waals surface area contributed by atoms with E-state index in [-0.39, 0.29) is 22.9 Å². The average Bonchev–Trinajstić information content (AvgIpc) is 2.59. The molecule has 0 amide bonds. The second-order valence-electron chi connectivity index (χ2n) is 6.18. The van der Waals surface area contributed by atoms with Crippen molar-refractivity contribution in [2.24, 2.45) is 0 Å². The first-order chi connectivity index (χ1) is 9.25. The summed E-state index contributed by atoms with van der Waals surface area (Å²) >= 11 is 5.54. The number of Topliss-reactive ketones (excluding diaryl/α,β-unsaturated/α-hetero) is 1. The summed E-state index contributed by atoms with van der Waals surface area (Å²) in [5, 5.41) is 0. The van der Waals surface area contributed by atoms with Gasteiger partial charge >= 0.3 is 7.12 Å². The van der Waals surface area contributed by atoms with Crippen molar-refractivity contribution in [1.82, 2.24) is 0 Å². The van der Waals surface area contributed by atoms with Crippen LogP contribution in [0.25, 0.3) is 0 Å². The van der Waals surface area contributed by atoms with Gasteiger partial charge in [0, 0.05) is 6.42 Å². The number of ketones is 1. The van der Waals surface area contributed by atoms with Crippen LogP contribution in [0.5, 0.6) is 0 Å². The third kappa shape index (κ3) is 3.08. The van der Waals surface area contributed by atoms with Gasteiger partial charge in [0.1, 0.15) is 0 Å². The van der Waals surface area contributed by atoms with Crippen molar-refractivity contribution in [3.8, 4) is 0 Å². The van der Waals surface area contributed by atoms with E-state index in [0.717, 1.165) is 11.0 Å². The number of alkyl halides is 1. The fraction of sp³-hybridized carbons (Fsp3) is 0.533. The summed E-state index contributed by atoms with van der Waals surface area (Å²) in [7, 11) is -0.397. The Balaban J connectivity index is 2.19. The van der Waals surface area contributed by atoms with Crippen LogP contribution >= 0.6 is 11.6 Å². The Morgan fingerprint density at radius 1 is 1.20 bits per heavy atom. The molecule has 0 saturated carbocycles. The molecule has 2 rings (SSSR count). The van der Waals surface area contributed by atoms with Gasteiger partial charge in [0.2, 0.25) is 0 Å². The van der Waals surface area contributed by atoms with Crippen molar-refractivity contribution in [1.29, 1.82) is 0 Å². The van der Waals surface area contributed by atoms with Crippen LogP contribution in [0.15, 0.2) is 24.3 Å². The molecule has 0 atom stereocenters. The number of hydrogen-bond donors (Lipinski definition) is 0. The summed E-state index contributed by atoms with van der Waals surface area (Å²) in [6.45, 7) is 8.09. The molecule has 20 heavy (non-hydrogen) atoms. The molecular formula is C15H20BClO3. The predicted octanol–water partition coefficient (Wildman–Crippen LogP) is 2.34. The van der Waals surface area contributed by atoms with Crippen molar-refractivity contribution < 1.29 is 14.1 Å². The maximum Gasteiger partial charge on any atom is 0.494 e. The first-order valence-corrected chi connectivity index (χ1v) is 7.31. The minimum Gasteiger partial charge on any atom is -0.399 e. The van der Waals surface area contributed by atoms with E-state index in [4.69, 9.17) is 20.9 Å². The fourth-order valence-corrected chi connectivity index (χ4v) is 2.20. The Morgan fingerprint density at radius 2 is 1.80 bits per heavy atom. The van der Waals surface area contributed by atoms with E-state index in [0.29, 0.717) is 6.42 Å². The quantitative estimate of drug-likeness (QED) is 0.631. The Labute approximate surface area is 125 Å². The lowest BCUT2D eigenvalue weighted by molar-refractivity contribution is -0.116. The van der Waals surface area contributed by atoms with Crippen molar-refractivity contribution in [2.45, 2.75) is 45.3 Å². The summed E-state index contributed by atoms with van der Waals surface area (Å²) in [6.07, 6.45) is 0.344. The lowest BCUT2D eigenvalue weighted by Gasteiger charge is -2.32. The highest BCUT2D eigenvalue weighted by molar-refractivity contribution is 6.62. The van der Waals surface area contributed by atoms with Crippen LogP contribution in [0.1, 0.15) is 33.3 Å². The molecule has 1 aromatic carbocycles. The van der Waals surface area contributed by atoms with Crippen LogP contribution < -0.4 is 5.46 Å². The number of rotatable bonds is 4. The summed E-state index contributed by atoms with van der Waals surface area (Å²) in [5.41, 5.74) is 1.14. The normalized spacial score (nSPS) is 20.1. The lowest BCUT2D eigenvalue weighted by atomic mass is 9.78. The van der Waals surface area contributed by atoms with Crippen LogP contribution in [-0.4, -0.2) is 30.0 Å². The first-order valence-electron chi connectivity index (χ1n) is 6.77. The Bertz CT molecular complexity index is 498. The van der Waals surface area contributed by atoms with E-state index < -0.39 is 7.12 Å². The minimum absolute atomic E-state index is 0.0118. The largest absolute Gasteiger partial charge is 0.494 e. The molecule has 1 aliphatic rings. The highest BCUT2D eigenvalue weighted by Gasteiger charge is 2.51. The van der Waals surface area contributed by atoms with Gasteiger partial charge in [0.25, 0.3) is 0 Å². The molecule has 1 saturated heterocycles. The zero-order chi connectivity index (χ0) is 15.0. The lowest BCUT2D eigenvalue weighted by Crippen LogP contribution is -2.41. The second-order valence-corrected chi connectivity index (χ2v) is 6.45. The van der Waals surface area contributed by atoms with Gasteiger partial charge in [-0.05, 0) is 38.7 Å². The van der Waals surface area contributed by atoms with Gasteiger partial charge in [0.05, 0.1) is 17.1 Å². The number of carbonyl (C=O) groups excluding carboxylic acids is 1. The maximum absolute atomic E-state index is 11.4. The predicted molar refractivity (Wildman–Crippen MR) is 81.6 cm³/mol. The van der Waals surface area contributed by atoms with Crippen LogP contribution in [0.2, 0.25) is 0 Å². The average molecular weight is 295 g/mol. The van der Waals surface area contributed by atoms with E-state index >= 15 is 0 Å². The SMILES string of the molecule is CC1(C)OB(c2cccc(CC(=O)CCl)c2)OC1(C)C. The Hall–Kier alpha value is -0.835. The summed E-state index contributed by atoms with van der Waals surface area (Å²) in [5.74, 6) is 0.0542. The van der Waals surface area contributed by atoms with Crippen LogP contribution in [0.4, 0.5) is 0 Å². The van der Waals surface area contributed by atoms with Crippen molar-refractivity contribution in [3.05, 3.63) is 29.8 Å². The van der Waals surface area contributed by atoms with Gasteiger partial charge < -0.3 is 9.31 Å². The van der Waals surface area contributed by atoms with Crippen molar-refractivity contribution >= 4 is 30.0 Å². The monoisotopic (exact) mass is 294 g/mol. The van der Waals surface area contributed by atoms with Crippen molar-refractivity contribution in [3.63, 3.8) is 0 Å². The molecule has 1 aliphatic heterocycles. The topological polar surface area (TPSA) is 35.5 Å². The molecule has 108 valence electrons. The van der Waals surface area contributed by atoms with Gasteiger partial charge in [-0.15, -0.1) is 11.6 Å². The molecule has 5 heteroatoms. The minimum atomic E-state index is -0.397. The van der Waals surface area contributed by atoms with Gasteiger partial charge in [-0.2, -0.15) is 0 Å². The van der Waals surface area contributed by atoms with E-state index in [1.54, 1.807) is 0 Å². The molecule has 0 radical (unpaired) electrons. The molecule has 0 bridgehead atoms. The smallest absolute Gasteiger partial charge is 0.399 e. The highest BCUT2D eigenvalue weighted by Crippen LogP contribution is 2.36. The van der Waals surface area contributed by atoms with Gasteiger partial charge in [0.15, 0.2) is 5.78 Å². The molecule has 0 N–H and O–H groups in total. The maximum atomic E-state index is 11.4. The number of hydrogen-bond acceptors (Lipinski definition) is 3. The molecular weight excluding hydrogens is 274 g/mol. The summed E-state index contributed by atoms with van der Waals surface area (Å²) in [4.78, 5) is 11.4. The van der Waals surface area contributed by atoms with Crippen LogP contribution in [-0.2, 0) is 20.5 Å². The molecule has 1 aromatic rings. The zero-order valence-electron chi connectivity index (χ0n) is 12.4. The molecule has 3 nitrogen and oxygen atoms in total. The fourth-order valence-electron chi connectivity index (χ4n) is 2.10. The molecule has 0 aliphatic carbocycles. The van der Waals surface area contributed by atoms with Crippen molar-refractivity contribution in [2.75, 3.05) is 5.88 Å². The molecule has 1 fully saturated rings. The van der Waals surface area contributed by atoms with E-state index in [2.05, 4.69) is 0 Å². The second kappa shape index (κ2) is 5.51. The Kier molecular flexibility index (Phi) is 4.28. The van der Waals surface area contributed by atoms with Gasteiger partial charge in [-0.25, -0.2) is 0 Å². The van der Waals surface area contributed by atoms with E-state index in [9.17, 15) is 4.79 Å². The standard InChI is InChI=1S/C15H20BClO3/c1-14(2)15(3,4)20-16(19-14)12-7-5-6-11(8-12)9-13(18)10-17/h5-8H,9-10H2,1-4H3. The van der Waals surface area contributed by atoms with Crippen LogP contribution in [0, 0.1) is 0 Å². The third-order valence-corrected chi connectivity index (χ3v) is 4.32. The number of halogens is 1. The Morgan fingerprint density at radius 3 is 2.35 bits per heavy atom. The molecule has 0 aromatic heterocycles. The van der Waals surface area contributed by atoms with Gasteiger partial charge in [-0.3, -0.25) is 4.79 Å². The first kappa shape index (κ1) is 15.6. The van der Waals surface area contributed by atoms with Crippen LogP contribution in [0.3, 0.4) is 0 Å². The summed E-state index contributed by atoms with van der Waals surface area (Å²) < 4.78 is 12.0. The zero-order valence-corrected chi connectivity index (χ0v) is 13.2. The van der Waals surface area contributed by atoms with E-state index in [1.807, 2.05) is 52.0 Å². The molecule has 0 spiro atoms. The highest BCUT2D eigenvalue weighted by atomic mass is 35.5. The summed E-state index contributed by atoms with van der Waals surface area (Å²) in [6, 6.07) is 7.74. The molecule has 1 heterocycles. The van der Waals surface area contributed by atoms with Gasteiger partial charge in [-0.1, -0.05) is 24.3 Å².